The molecule has 3 aromatic rings. The quantitative estimate of drug-likeness (QED) is 0.430. The van der Waals surface area contributed by atoms with Crippen LogP contribution in [0.3, 0.4) is 0 Å². The third-order valence-corrected chi connectivity index (χ3v) is 5.83. The Morgan fingerprint density at radius 3 is 2.69 bits per heavy atom. The van der Waals surface area contributed by atoms with Gasteiger partial charge in [-0.05, 0) is 31.0 Å². The standard InChI is InChI=1S/C23H21ClF4N4O4/c1-34-15-4-5-16(23(26,27)28)18(9-15)36-19-6-3-14(10-29-19)32-21(33)20(24)17(11-31-32)30-12-22(25)7-2-8-35-13-22/h3-6,9-11,30H,2,7-8,12-13H2,1H3/t22-/m0/s1. The van der Waals surface area contributed by atoms with Crippen LogP contribution in [0.4, 0.5) is 23.2 Å². The Morgan fingerprint density at radius 1 is 1.25 bits per heavy atom. The van der Waals surface area contributed by atoms with Crippen LogP contribution in [0.1, 0.15) is 18.4 Å². The number of benzene rings is 1. The highest BCUT2D eigenvalue weighted by Crippen LogP contribution is 2.39. The summed E-state index contributed by atoms with van der Waals surface area (Å²) in [5.41, 5.74) is -2.93. The summed E-state index contributed by atoms with van der Waals surface area (Å²) in [4.78, 5) is 16.7. The Balaban J connectivity index is 1.52. The van der Waals surface area contributed by atoms with Crippen molar-refractivity contribution in [3.8, 4) is 23.1 Å². The highest BCUT2D eigenvalue weighted by molar-refractivity contribution is 6.32. The summed E-state index contributed by atoms with van der Waals surface area (Å²) in [7, 11) is 1.32. The van der Waals surface area contributed by atoms with Gasteiger partial charge >= 0.3 is 6.18 Å². The van der Waals surface area contributed by atoms with Crippen LogP contribution in [0, 0.1) is 0 Å². The van der Waals surface area contributed by atoms with E-state index in [-0.39, 0.29) is 41.2 Å². The molecule has 0 amide bonds. The van der Waals surface area contributed by atoms with E-state index in [1.54, 1.807) is 0 Å². The molecule has 1 aromatic carbocycles. The molecule has 1 atom stereocenters. The molecular formula is C23H21ClF4N4O4. The van der Waals surface area contributed by atoms with Gasteiger partial charge in [-0.25, -0.2) is 9.37 Å². The molecule has 1 aliphatic heterocycles. The molecule has 2 aromatic heterocycles. The zero-order valence-electron chi connectivity index (χ0n) is 18.9. The number of rotatable bonds is 7. The summed E-state index contributed by atoms with van der Waals surface area (Å²) < 4.78 is 71.2. The Morgan fingerprint density at radius 2 is 2.06 bits per heavy atom. The first kappa shape index (κ1) is 25.7. The van der Waals surface area contributed by atoms with Gasteiger partial charge < -0.3 is 19.5 Å². The number of ether oxygens (including phenoxy) is 3. The molecule has 1 fully saturated rings. The van der Waals surface area contributed by atoms with Gasteiger partial charge in [-0.3, -0.25) is 4.79 Å². The Bertz CT molecular complexity index is 1280. The van der Waals surface area contributed by atoms with E-state index in [2.05, 4.69) is 15.4 Å². The number of anilines is 1. The van der Waals surface area contributed by atoms with Crippen molar-refractivity contribution in [3.63, 3.8) is 0 Å². The van der Waals surface area contributed by atoms with Gasteiger partial charge in [-0.2, -0.15) is 23.0 Å². The lowest BCUT2D eigenvalue weighted by molar-refractivity contribution is -0.138. The molecule has 0 bridgehead atoms. The van der Waals surface area contributed by atoms with Crippen LogP contribution in [0.25, 0.3) is 5.69 Å². The van der Waals surface area contributed by atoms with Crippen molar-refractivity contribution in [2.75, 3.05) is 32.2 Å². The number of halogens is 5. The van der Waals surface area contributed by atoms with Crippen LogP contribution in [0.5, 0.6) is 17.4 Å². The van der Waals surface area contributed by atoms with Gasteiger partial charge in [0.1, 0.15) is 16.5 Å². The zero-order valence-corrected chi connectivity index (χ0v) is 19.7. The van der Waals surface area contributed by atoms with Crippen LogP contribution in [-0.4, -0.2) is 47.3 Å². The second-order valence-corrected chi connectivity index (χ2v) is 8.44. The van der Waals surface area contributed by atoms with Gasteiger partial charge in [0.25, 0.3) is 5.56 Å². The molecule has 0 saturated carbocycles. The summed E-state index contributed by atoms with van der Waals surface area (Å²) in [5.74, 6) is -0.480. The van der Waals surface area contributed by atoms with Crippen molar-refractivity contribution >= 4 is 17.3 Å². The second-order valence-electron chi connectivity index (χ2n) is 8.07. The monoisotopic (exact) mass is 528 g/mol. The topological polar surface area (TPSA) is 87.5 Å². The molecule has 3 heterocycles. The molecule has 192 valence electrons. The van der Waals surface area contributed by atoms with Crippen molar-refractivity contribution in [1.29, 1.82) is 0 Å². The van der Waals surface area contributed by atoms with Gasteiger partial charge in [0.2, 0.25) is 5.88 Å². The Labute approximate surface area is 207 Å². The highest BCUT2D eigenvalue weighted by atomic mass is 35.5. The molecule has 0 unspecified atom stereocenters. The predicted molar refractivity (Wildman–Crippen MR) is 123 cm³/mol. The van der Waals surface area contributed by atoms with Gasteiger partial charge in [0.15, 0.2) is 5.67 Å². The fourth-order valence-electron chi connectivity index (χ4n) is 3.57. The Kier molecular flexibility index (Phi) is 7.36. The molecule has 0 radical (unpaired) electrons. The van der Waals surface area contributed by atoms with Gasteiger partial charge in [-0.15, -0.1) is 0 Å². The average molecular weight is 529 g/mol. The van der Waals surface area contributed by atoms with Crippen LogP contribution in [0.2, 0.25) is 5.02 Å². The number of nitrogens with zero attached hydrogens (tertiary/aromatic N) is 3. The second kappa shape index (κ2) is 10.3. The SMILES string of the molecule is COc1ccc(C(F)(F)F)c(Oc2ccc(-n3ncc(NC[C@@]4(F)CCCOC4)c(Cl)c3=O)cn2)c1. The fraction of sp³-hybridized carbons (Fsp3) is 0.348. The van der Waals surface area contributed by atoms with E-state index in [1.807, 2.05) is 0 Å². The van der Waals surface area contributed by atoms with E-state index in [9.17, 15) is 22.4 Å². The lowest BCUT2D eigenvalue weighted by Gasteiger charge is -2.29. The van der Waals surface area contributed by atoms with Crippen LogP contribution in [0.15, 0.2) is 47.5 Å². The van der Waals surface area contributed by atoms with E-state index >= 15 is 0 Å². The molecule has 0 spiro atoms. The minimum atomic E-state index is -4.66. The van der Waals surface area contributed by atoms with Crippen LogP contribution < -0.4 is 20.3 Å². The van der Waals surface area contributed by atoms with Crippen molar-refractivity contribution in [1.82, 2.24) is 14.8 Å². The summed E-state index contributed by atoms with van der Waals surface area (Å²) in [6.07, 6.45) is -1.28. The zero-order chi connectivity index (χ0) is 25.9. The predicted octanol–water partition coefficient (Wildman–Crippen LogP) is 5.03. The number of aromatic nitrogens is 3. The van der Waals surface area contributed by atoms with E-state index in [0.29, 0.717) is 19.4 Å². The van der Waals surface area contributed by atoms with Crippen molar-refractivity contribution < 1.29 is 31.8 Å². The first-order valence-electron chi connectivity index (χ1n) is 10.8. The fourth-order valence-corrected chi connectivity index (χ4v) is 3.77. The van der Waals surface area contributed by atoms with Crippen molar-refractivity contribution in [3.05, 3.63) is 63.7 Å². The molecule has 36 heavy (non-hydrogen) atoms. The largest absolute Gasteiger partial charge is 0.497 e. The summed E-state index contributed by atoms with van der Waals surface area (Å²) in [6.45, 7) is 0.350. The van der Waals surface area contributed by atoms with Crippen LogP contribution in [-0.2, 0) is 10.9 Å². The lowest BCUT2D eigenvalue weighted by Crippen LogP contribution is -2.40. The lowest BCUT2D eigenvalue weighted by atomic mass is 9.99. The maximum Gasteiger partial charge on any atom is 0.419 e. The smallest absolute Gasteiger partial charge is 0.419 e. The minimum Gasteiger partial charge on any atom is -0.497 e. The molecule has 8 nitrogen and oxygen atoms in total. The molecule has 1 aliphatic rings. The third kappa shape index (κ3) is 5.71. The first-order chi connectivity index (χ1) is 17.1. The molecule has 1 saturated heterocycles. The number of pyridine rings is 1. The number of alkyl halides is 4. The number of nitrogens with one attached hydrogen (secondary N) is 1. The average Bonchev–Trinajstić information content (AvgIpc) is 2.85. The highest BCUT2D eigenvalue weighted by Gasteiger charge is 2.35. The van der Waals surface area contributed by atoms with E-state index in [4.69, 9.17) is 25.8 Å². The minimum absolute atomic E-state index is 0.0531. The molecule has 13 heteroatoms. The molecule has 0 aliphatic carbocycles. The van der Waals surface area contributed by atoms with E-state index in [0.717, 1.165) is 16.8 Å². The normalized spacial score (nSPS) is 18.1. The van der Waals surface area contributed by atoms with E-state index in [1.165, 1.54) is 37.7 Å². The van der Waals surface area contributed by atoms with Gasteiger partial charge in [0.05, 0.1) is 49.6 Å². The number of hydrogen-bond acceptors (Lipinski definition) is 7. The van der Waals surface area contributed by atoms with Crippen molar-refractivity contribution in [2.24, 2.45) is 0 Å². The number of methoxy groups -OCH3 is 1. The molecule has 1 N–H and O–H groups in total. The summed E-state index contributed by atoms with van der Waals surface area (Å²) >= 11 is 6.19. The maximum atomic E-state index is 14.7. The molecule has 4 rings (SSSR count). The third-order valence-electron chi connectivity index (χ3n) is 5.46. The van der Waals surface area contributed by atoms with Gasteiger partial charge in [0, 0.05) is 18.7 Å². The summed E-state index contributed by atoms with van der Waals surface area (Å²) in [5, 5.41) is 6.63. The van der Waals surface area contributed by atoms with E-state index < -0.39 is 28.7 Å². The first-order valence-corrected chi connectivity index (χ1v) is 11.2. The Hall–Kier alpha value is -3.38. The summed E-state index contributed by atoms with van der Waals surface area (Å²) in [6, 6.07) is 5.76. The van der Waals surface area contributed by atoms with Crippen molar-refractivity contribution in [2.45, 2.75) is 24.7 Å². The maximum absolute atomic E-state index is 14.7. The number of hydrogen-bond donors (Lipinski definition) is 1. The van der Waals surface area contributed by atoms with Gasteiger partial charge in [-0.1, -0.05) is 11.6 Å². The van der Waals surface area contributed by atoms with Crippen LogP contribution >= 0.6 is 11.6 Å². The molecular weight excluding hydrogens is 508 g/mol.